The molecule has 2 aromatic rings. The fourth-order valence-electron chi connectivity index (χ4n) is 3.15. The van der Waals surface area contributed by atoms with Crippen molar-refractivity contribution in [1.82, 2.24) is 15.5 Å². The number of carbonyl (C=O) groups is 1. The zero-order valence-corrected chi connectivity index (χ0v) is 15.2. The van der Waals surface area contributed by atoms with Gasteiger partial charge in [-0.05, 0) is 25.0 Å². The lowest BCUT2D eigenvalue weighted by molar-refractivity contribution is 0.0949. The van der Waals surface area contributed by atoms with Gasteiger partial charge in [-0.25, -0.2) is 0 Å². The second kappa shape index (κ2) is 8.07. The lowest BCUT2D eigenvalue weighted by atomic mass is 10.1. The molecule has 140 valence electrons. The third kappa shape index (κ3) is 3.74. The zero-order chi connectivity index (χ0) is 18.5. The first-order valence-corrected chi connectivity index (χ1v) is 8.57. The van der Waals surface area contributed by atoms with Crippen molar-refractivity contribution < 1.29 is 23.5 Å². The van der Waals surface area contributed by atoms with E-state index < -0.39 is 0 Å². The Bertz CT molecular complexity index is 743. The highest BCUT2D eigenvalue weighted by Gasteiger charge is 2.23. The summed E-state index contributed by atoms with van der Waals surface area (Å²) < 4.78 is 21.1. The van der Waals surface area contributed by atoms with Crippen molar-refractivity contribution >= 4 is 5.91 Å². The van der Waals surface area contributed by atoms with Gasteiger partial charge in [-0.3, -0.25) is 4.79 Å². The van der Waals surface area contributed by atoms with Crippen LogP contribution in [-0.4, -0.2) is 37.4 Å². The number of ether oxygens (including phenoxy) is 3. The molecule has 0 atom stereocenters. The number of amides is 1. The van der Waals surface area contributed by atoms with Crippen LogP contribution in [0, 0.1) is 0 Å². The van der Waals surface area contributed by atoms with Crippen LogP contribution in [0.3, 0.4) is 0 Å². The molecule has 26 heavy (non-hydrogen) atoms. The lowest BCUT2D eigenvalue weighted by Gasteiger charge is -2.13. The van der Waals surface area contributed by atoms with Gasteiger partial charge < -0.3 is 24.1 Å². The fraction of sp³-hybridized carbons (Fsp3) is 0.500. The molecule has 3 rings (SSSR count). The quantitative estimate of drug-likeness (QED) is 0.810. The average Bonchev–Trinajstić information content (AvgIpc) is 3.36. The summed E-state index contributed by atoms with van der Waals surface area (Å²) in [5.74, 6) is 2.46. The molecule has 1 N–H and O–H groups in total. The Labute approximate surface area is 151 Å². The zero-order valence-electron chi connectivity index (χ0n) is 15.2. The van der Waals surface area contributed by atoms with Crippen LogP contribution >= 0.6 is 0 Å². The van der Waals surface area contributed by atoms with E-state index in [-0.39, 0.29) is 12.5 Å². The smallest absolute Gasteiger partial charge is 0.251 e. The number of methoxy groups -OCH3 is 3. The number of aromatic nitrogens is 2. The Balaban J connectivity index is 1.68. The maximum Gasteiger partial charge on any atom is 0.251 e. The van der Waals surface area contributed by atoms with Gasteiger partial charge in [0.2, 0.25) is 11.6 Å². The number of carbonyl (C=O) groups excluding carboxylic acids is 1. The molecule has 1 aliphatic carbocycles. The Morgan fingerprint density at radius 3 is 2.38 bits per heavy atom. The summed E-state index contributed by atoms with van der Waals surface area (Å²) in [6.45, 7) is 0.186. The van der Waals surface area contributed by atoms with Gasteiger partial charge in [0.05, 0.1) is 27.9 Å². The largest absolute Gasteiger partial charge is 0.493 e. The first kappa shape index (κ1) is 18.0. The van der Waals surface area contributed by atoms with Crippen LogP contribution in [0.2, 0.25) is 0 Å². The van der Waals surface area contributed by atoms with Gasteiger partial charge in [0.15, 0.2) is 17.3 Å². The van der Waals surface area contributed by atoms with E-state index in [0.29, 0.717) is 40.4 Å². The van der Waals surface area contributed by atoms with Gasteiger partial charge in [0.1, 0.15) is 0 Å². The molecular weight excluding hydrogens is 338 g/mol. The summed E-state index contributed by atoms with van der Waals surface area (Å²) in [4.78, 5) is 16.9. The van der Waals surface area contributed by atoms with Crippen molar-refractivity contribution in [3.05, 3.63) is 29.4 Å². The SMILES string of the molecule is COc1cc(C(=O)NCc2noc(C3CCCC3)n2)cc(OC)c1OC. The van der Waals surface area contributed by atoms with Crippen molar-refractivity contribution in [2.45, 2.75) is 38.1 Å². The Morgan fingerprint density at radius 1 is 1.15 bits per heavy atom. The second-order valence-corrected chi connectivity index (χ2v) is 6.13. The second-order valence-electron chi connectivity index (χ2n) is 6.13. The van der Waals surface area contributed by atoms with Crippen LogP contribution in [0.5, 0.6) is 17.2 Å². The first-order chi connectivity index (χ1) is 12.7. The third-order valence-electron chi connectivity index (χ3n) is 4.52. The molecule has 1 heterocycles. The molecule has 0 radical (unpaired) electrons. The molecule has 1 aromatic heterocycles. The standard InChI is InChI=1S/C18H23N3O5/c1-23-13-8-12(9-14(24-2)16(13)25-3)17(22)19-10-15-20-18(26-21-15)11-6-4-5-7-11/h8-9,11H,4-7,10H2,1-3H3,(H,19,22). The summed E-state index contributed by atoms with van der Waals surface area (Å²) >= 11 is 0. The summed E-state index contributed by atoms with van der Waals surface area (Å²) in [5.41, 5.74) is 0.388. The van der Waals surface area contributed by atoms with E-state index in [1.165, 1.54) is 34.2 Å². The first-order valence-electron chi connectivity index (χ1n) is 8.57. The number of hydrogen-bond acceptors (Lipinski definition) is 7. The monoisotopic (exact) mass is 361 g/mol. The lowest BCUT2D eigenvalue weighted by Crippen LogP contribution is -2.23. The third-order valence-corrected chi connectivity index (χ3v) is 4.52. The van der Waals surface area contributed by atoms with Crippen LogP contribution in [0.25, 0.3) is 0 Å². The number of hydrogen-bond donors (Lipinski definition) is 1. The van der Waals surface area contributed by atoms with Crippen molar-refractivity contribution in [1.29, 1.82) is 0 Å². The van der Waals surface area contributed by atoms with E-state index in [0.717, 1.165) is 12.8 Å². The summed E-state index contributed by atoms with van der Waals surface area (Å²) in [7, 11) is 4.52. The minimum absolute atomic E-state index is 0.186. The number of nitrogens with one attached hydrogen (secondary N) is 1. The van der Waals surface area contributed by atoms with Gasteiger partial charge in [0, 0.05) is 11.5 Å². The molecule has 0 aliphatic heterocycles. The molecule has 0 spiro atoms. The minimum atomic E-state index is -0.295. The van der Waals surface area contributed by atoms with Crippen molar-refractivity contribution in [3.63, 3.8) is 0 Å². The molecule has 8 heteroatoms. The summed E-state index contributed by atoms with van der Waals surface area (Å²) in [5, 5.41) is 6.73. The molecule has 8 nitrogen and oxygen atoms in total. The van der Waals surface area contributed by atoms with Gasteiger partial charge >= 0.3 is 0 Å². The van der Waals surface area contributed by atoms with Crippen LogP contribution < -0.4 is 19.5 Å². The number of rotatable bonds is 7. The predicted molar refractivity (Wildman–Crippen MR) is 92.8 cm³/mol. The molecule has 0 saturated heterocycles. The average molecular weight is 361 g/mol. The van der Waals surface area contributed by atoms with Crippen LogP contribution in [-0.2, 0) is 6.54 Å². The van der Waals surface area contributed by atoms with Crippen molar-refractivity contribution in [2.24, 2.45) is 0 Å². The maximum absolute atomic E-state index is 12.5. The molecule has 0 bridgehead atoms. The van der Waals surface area contributed by atoms with Crippen LogP contribution in [0.15, 0.2) is 16.7 Å². The van der Waals surface area contributed by atoms with Gasteiger partial charge in [-0.1, -0.05) is 18.0 Å². The van der Waals surface area contributed by atoms with Gasteiger partial charge in [-0.2, -0.15) is 4.98 Å². The van der Waals surface area contributed by atoms with Crippen molar-refractivity contribution in [3.8, 4) is 17.2 Å². The normalized spacial score (nSPS) is 14.3. The maximum atomic E-state index is 12.5. The Morgan fingerprint density at radius 2 is 1.81 bits per heavy atom. The Kier molecular flexibility index (Phi) is 5.60. The van der Waals surface area contributed by atoms with E-state index in [1.807, 2.05) is 0 Å². The van der Waals surface area contributed by atoms with Gasteiger partial charge in [-0.15, -0.1) is 0 Å². The molecule has 1 aliphatic rings. The molecule has 1 saturated carbocycles. The fourth-order valence-corrected chi connectivity index (χ4v) is 3.15. The van der Waals surface area contributed by atoms with Gasteiger partial charge in [0.25, 0.3) is 5.91 Å². The topological polar surface area (TPSA) is 95.7 Å². The highest BCUT2D eigenvalue weighted by molar-refractivity contribution is 5.95. The van der Waals surface area contributed by atoms with Crippen LogP contribution in [0.4, 0.5) is 0 Å². The molecule has 1 fully saturated rings. The summed E-state index contributed by atoms with van der Waals surface area (Å²) in [6, 6.07) is 3.19. The number of benzene rings is 1. The highest BCUT2D eigenvalue weighted by atomic mass is 16.5. The van der Waals surface area contributed by atoms with E-state index >= 15 is 0 Å². The molecule has 0 unspecified atom stereocenters. The molecule has 1 aromatic carbocycles. The van der Waals surface area contributed by atoms with E-state index in [2.05, 4.69) is 15.5 Å². The molecular formula is C18H23N3O5. The van der Waals surface area contributed by atoms with E-state index in [4.69, 9.17) is 18.7 Å². The van der Waals surface area contributed by atoms with Crippen LogP contribution in [0.1, 0.15) is 53.7 Å². The number of nitrogens with zero attached hydrogens (tertiary/aromatic N) is 2. The molecule has 1 amide bonds. The predicted octanol–water partition coefficient (Wildman–Crippen LogP) is 2.68. The minimum Gasteiger partial charge on any atom is -0.493 e. The van der Waals surface area contributed by atoms with E-state index in [1.54, 1.807) is 12.1 Å². The van der Waals surface area contributed by atoms with Crippen molar-refractivity contribution in [2.75, 3.05) is 21.3 Å². The summed E-state index contributed by atoms with van der Waals surface area (Å²) in [6.07, 6.45) is 4.55. The Hall–Kier alpha value is -2.77. The highest BCUT2D eigenvalue weighted by Crippen LogP contribution is 2.38. The van der Waals surface area contributed by atoms with E-state index in [9.17, 15) is 4.79 Å².